The van der Waals surface area contributed by atoms with Gasteiger partial charge in [0.25, 0.3) is 0 Å². The summed E-state index contributed by atoms with van der Waals surface area (Å²) >= 11 is 0. The van der Waals surface area contributed by atoms with E-state index in [0.29, 0.717) is 22.9 Å². The molecule has 6 rings (SSSR count). The van der Waals surface area contributed by atoms with E-state index in [1.165, 1.54) is 0 Å². The van der Waals surface area contributed by atoms with Crippen molar-refractivity contribution in [1.29, 1.82) is 0 Å². The second-order valence-electron chi connectivity index (χ2n) is 8.73. The van der Waals surface area contributed by atoms with Gasteiger partial charge in [0, 0.05) is 17.0 Å². The molecule has 0 saturated carbocycles. The topological polar surface area (TPSA) is 127 Å². The number of rotatable bonds is 5. The second kappa shape index (κ2) is 7.35. The van der Waals surface area contributed by atoms with Gasteiger partial charge in [-0.2, -0.15) is 9.78 Å². The predicted molar refractivity (Wildman–Crippen MR) is 129 cm³/mol. The summed E-state index contributed by atoms with van der Waals surface area (Å²) in [4.78, 5) is 0. The van der Waals surface area contributed by atoms with E-state index in [1.54, 1.807) is 4.68 Å². The number of benzene rings is 2. The van der Waals surface area contributed by atoms with Crippen LogP contribution in [0, 0.1) is 6.92 Å². The van der Waals surface area contributed by atoms with E-state index in [4.69, 9.17) is 10.8 Å². The molecule has 34 heavy (non-hydrogen) atoms. The molecule has 0 fully saturated rings. The van der Waals surface area contributed by atoms with Crippen LogP contribution in [0.15, 0.2) is 65.8 Å². The van der Waals surface area contributed by atoms with Gasteiger partial charge >= 0.3 is 0 Å². The average Bonchev–Trinajstić information content (AvgIpc) is 3.58. The van der Waals surface area contributed by atoms with Crippen molar-refractivity contribution in [3.63, 3.8) is 0 Å². The summed E-state index contributed by atoms with van der Waals surface area (Å²) < 4.78 is 3.59. The number of aromatic amines is 1. The van der Waals surface area contributed by atoms with E-state index in [9.17, 15) is 0 Å². The fraction of sp³-hybridized carbons (Fsp3) is 0.208. The molecule has 4 heterocycles. The zero-order valence-electron chi connectivity index (χ0n) is 19.1. The number of H-pyrrole nitrogens is 1. The zero-order valence-corrected chi connectivity index (χ0v) is 19.1. The van der Waals surface area contributed by atoms with Crippen molar-refractivity contribution in [2.24, 2.45) is 10.8 Å². The van der Waals surface area contributed by atoms with Crippen molar-refractivity contribution < 1.29 is 0 Å². The summed E-state index contributed by atoms with van der Waals surface area (Å²) in [6.07, 6.45) is 0. The highest BCUT2D eigenvalue weighted by atomic mass is 15.5. The van der Waals surface area contributed by atoms with Crippen molar-refractivity contribution in [3.05, 3.63) is 83.7 Å². The third kappa shape index (κ3) is 2.88. The molecule has 0 saturated heterocycles. The molecule has 0 amide bonds. The Balaban J connectivity index is 1.57. The van der Waals surface area contributed by atoms with Gasteiger partial charge in [0.1, 0.15) is 17.2 Å². The van der Waals surface area contributed by atoms with Gasteiger partial charge in [-0.3, -0.25) is 10.8 Å². The number of nitrogens with one attached hydrogen (secondary N) is 2. The summed E-state index contributed by atoms with van der Waals surface area (Å²) in [7, 11) is 0. The molecule has 5 aromatic rings. The van der Waals surface area contributed by atoms with Crippen molar-refractivity contribution in [3.8, 4) is 11.3 Å². The van der Waals surface area contributed by atoms with Crippen LogP contribution in [0.4, 0.5) is 5.69 Å². The largest absolute Gasteiger partial charge is 0.351 e. The summed E-state index contributed by atoms with van der Waals surface area (Å²) in [6.45, 7) is 6.01. The summed E-state index contributed by atoms with van der Waals surface area (Å²) in [5, 5.41) is 29.3. The third-order valence-corrected chi connectivity index (χ3v) is 6.06. The minimum absolute atomic E-state index is 0.127. The Morgan fingerprint density at radius 1 is 0.912 bits per heavy atom. The van der Waals surface area contributed by atoms with Crippen LogP contribution in [0.1, 0.15) is 42.8 Å². The van der Waals surface area contributed by atoms with Crippen molar-refractivity contribution >= 4 is 17.0 Å². The molecule has 1 unspecified atom stereocenters. The Morgan fingerprint density at radius 3 is 2.26 bits per heavy atom. The number of fused-ring (bicyclic) bond motifs is 2. The molecule has 170 valence electrons. The Morgan fingerprint density at radius 2 is 1.59 bits per heavy atom. The Bertz CT molecular complexity index is 1520. The molecule has 0 aliphatic carbocycles. The van der Waals surface area contributed by atoms with Crippen LogP contribution in [0.2, 0.25) is 0 Å². The van der Waals surface area contributed by atoms with Crippen molar-refractivity contribution in [2.75, 3.05) is 5.32 Å². The number of aromatic nitrogens is 7. The maximum Gasteiger partial charge on any atom is 0.201 e. The van der Waals surface area contributed by atoms with E-state index in [1.807, 2.05) is 72.1 Å². The minimum atomic E-state index is -1.26. The average molecular weight is 453 g/mol. The minimum Gasteiger partial charge on any atom is -0.351 e. The fourth-order valence-corrected chi connectivity index (χ4v) is 4.34. The van der Waals surface area contributed by atoms with Crippen LogP contribution < -0.4 is 11.1 Å². The molecule has 0 spiro atoms. The molecule has 1 atom stereocenters. The number of nitrogens with zero attached hydrogens (tertiary/aromatic N) is 7. The molecule has 0 bridgehead atoms. The van der Waals surface area contributed by atoms with E-state index in [0.717, 1.165) is 28.5 Å². The number of hydrogen-bond donors (Lipinski definition) is 3. The van der Waals surface area contributed by atoms with Gasteiger partial charge < -0.3 is 5.32 Å². The SMILES string of the molecule is Cc1nnc2c(NC3(N)C(c4ccccc4)=Nn4c(C(C)C)nnc43)c(-c3ccccc3)[nH]n12. The van der Waals surface area contributed by atoms with Gasteiger partial charge in [-0.25, -0.2) is 4.52 Å². The van der Waals surface area contributed by atoms with Crippen molar-refractivity contribution in [2.45, 2.75) is 32.4 Å². The highest BCUT2D eigenvalue weighted by Crippen LogP contribution is 2.37. The van der Waals surface area contributed by atoms with Gasteiger partial charge in [-0.05, 0) is 6.92 Å². The molecular formula is C24H24N10. The Hall–Kier alpha value is -4.31. The van der Waals surface area contributed by atoms with Crippen molar-refractivity contribution in [1.82, 2.24) is 34.7 Å². The first-order valence-electron chi connectivity index (χ1n) is 11.1. The van der Waals surface area contributed by atoms with Crippen LogP contribution in [-0.2, 0) is 5.66 Å². The highest BCUT2D eigenvalue weighted by molar-refractivity contribution is 6.10. The van der Waals surface area contributed by atoms with E-state index < -0.39 is 5.66 Å². The van der Waals surface area contributed by atoms with Crippen LogP contribution in [0.5, 0.6) is 0 Å². The molecule has 0 radical (unpaired) electrons. The maximum absolute atomic E-state index is 7.16. The monoisotopic (exact) mass is 452 g/mol. The van der Waals surface area contributed by atoms with Crippen LogP contribution >= 0.6 is 0 Å². The van der Waals surface area contributed by atoms with Gasteiger partial charge in [0.15, 0.2) is 11.5 Å². The Kier molecular flexibility index (Phi) is 4.39. The van der Waals surface area contributed by atoms with Gasteiger partial charge in [-0.1, -0.05) is 74.5 Å². The zero-order chi connectivity index (χ0) is 23.4. The summed E-state index contributed by atoms with van der Waals surface area (Å²) in [5.41, 5.74) is 10.6. The van der Waals surface area contributed by atoms with Crippen LogP contribution in [-0.4, -0.2) is 40.4 Å². The summed E-state index contributed by atoms with van der Waals surface area (Å²) in [5.74, 6) is 2.13. The molecule has 4 N–H and O–H groups in total. The number of nitrogens with two attached hydrogens (primary N) is 1. The lowest BCUT2D eigenvalue weighted by atomic mass is 9.96. The second-order valence-corrected chi connectivity index (χ2v) is 8.73. The van der Waals surface area contributed by atoms with Gasteiger partial charge in [-0.15, -0.1) is 20.4 Å². The number of anilines is 1. The lowest BCUT2D eigenvalue weighted by molar-refractivity contribution is 0.632. The van der Waals surface area contributed by atoms with Gasteiger partial charge in [0.05, 0.1) is 5.69 Å². The molecular weight excluding hydrogens is 428 g/mol. The first kappa shape index (κ1) is 20.3. The fourth-order valence-electron chi connectivity index (χ4n) is 4.34. The van der Waals surface area contributed by atoms with Crippen LogP contribution in [0.3, 0.4) is 0 Å². The predicted octanol–water partition coefficient (Wildman–Crippen LogP) is 3.24. The lowest BCUT2D eigenvalue weighted by Crippen LogP contribution is -2.51. The molecule has 2 aromatic carbocycles. The maximum atomic E-state index is 7.16. The lowest BCUT2D eigenvalue weighted by Gasteiger charge is -2.27. The number of aryl methyl sites for hydroxylation is 1. The Labute approximate surface area is 195 Å². The van der Waals surface area contributed by atoms with Gasteiger partial charge in [0.2, 0.25) is 11.5 Å². The van der Waals surface area contributed by atoms with E-state index in [-0.39, 0.29) is 5.92 Å². The first-order valence-corrected chi connectivity index (χ1v) is 11.1. The molecule has 3 aromatic heterocycles. The molecule has 10 nitrogen and oxygen atoms in total. The summed E-state index contributed by atoms with van der Waals surface area (Å²) in [6, 6.07) is 19.9. The normalized spacial score (nSPS) is 17.4. The van der Waals surface area contributed by atoms with E-state index in [2.05, 4.69) is 44.7 Å². The van der Waals surface area contributed by atoms with Crippen LogP contribution in [0.25, 0.3) is 16.9 Å². The number of hydrogen-bond acceptors (Lipinski definition) is 7. The first-order chi connectivity index (χ1) is 16.5. The molecule has 1 aliphatic rings. The third-order valence-electron chi connectivity index (χ3n) is 6.06. The van der Waals surface area contributed by atoms with E-state index >= 15 is 0 Å². The molecule has 1 aliphatic heterocycles. The quantitative estimate of drug-likeness (QED) is 0.351. The standard InChI is InChI=1S/C24H24N10/c1-14(2)21-28-30-23-24(25,20(32-34(21)23)17-12-8-5-9-13-17)26-19-18(16-10-6-4-7-11-16)31-33-15(3)27-29-22(19)33/h4-14,26,31H,25H2,1-3H3. The highest BCUT2D eigenvalue weighted by Gasteiger charge is 2.46. The molecule has 10 heteroatoms. The smallest absolute Gasteiger partial charge is 0.201 e.